The van der Waals surface area contributed by atoms with Gasteiger partial charge in [-0.1, -0.05) is 12.2 Å². The highest BCUT2D eigenvalue weighted by Crippen LogP contribution is 2.32. The third-order valence-electron chi connectivity index (χ3n) is 2.33. The number of nitrogens with two attached hydrogens (primary N) is 1. The van der Waals surface area contributed by atoms with Gasteiger partial charge >= 0.3 is 0 Å². The average Bonchev–Trinajstić information content (AvgIpc) is 2.33. The number of rotatable bonds is 3. The van der Waals surface area contributed by atoms with Gasteiger partial charge in [-0.15, -0.1) is 0 Å². The lowest BCUT2D eigenvalue weighted by molar-refractivity contribution is 0.473. The molecule has 0 atom stereocenters. The highest BCUT2D eigenvalue weighted by atomic mass is 79.9. The van der Waals surface area contributed by atoms with Gasteiger partial charge in [-0.2, -0.15) is 0 Å². The number of hydrogen-bond donors (Lipinski definition) is 1. The van der Waals surface area contributed by atoms with Gasteiger partial charge in [0.25, 0.3) is 0 Å². The van der Waals surface area contributed by atoms with E-state index in [2.05, 4.69) is 31.9 Å². The second-order valence-electron chi connectivity index (χ2n) is 3.68. The topological polar surface area (TPSA) is 35.2 Å². The van der Waals surface area contributed by atoms with Crippen LogP contribution in [0.15, 0.2) is 45.3 Å². The first-order valence-electron chi connectivity index (χ1n) is 5.19. The zero-order valence-corrected chi connectivity index (χ0v) is 13.5. The molecule has 2 aromatic rings. The third-order valence-corrected chi connectivity index (χ3v) is 3.86. The lowest BCUT2D eigenvalue weighted by Gasteiger charge is -2.10. The molecule has 98 valence electrons. The lowest BCUT2D eigenvalue weighted by atomic mass is 10.2. The zero-order valence-electron chi connectivity index (χ0n) is 9.49. The van der Waals surface area contributed by atoms with E-state index in [0.29, 0.717) is 21.0 Å². The van der Waals surface area contributed by atoms with E-state index >= 15 is 0 Å². The summed E-state index contributed by atoms with van der Waals surface area (Å²) in [7, 11) is 0. The van der Waals surface area contributed by atoms with Crippen molar-refractivity contribution in [3.63, 3.8) is 0 Å². The van der Waals surface area contributed by atoms with Gasteiger partial charge in [0.05, 0.1) is 4.47 Å². The monoisotopic (exact) mass is 403 g/mol. The molecule has 6 heteroatoms. The Kier molecular flexibility index (Phi) is 4.54. The molecule has 2 aromatic carbocycles. The molecule has 2 N–H and O–H groups in total. The Morgan fingerprint density at radius 1 is 1.11 bits per heavy atom. The quantitative estimate of drug-likeness (QED) is 0.747. The number of halogens is 3. The molecule has 19 heavy (non-hydrogen) atoms. The summed E-state index contributed by atoms with van der Waals surface area (Å²) in [6.07, 6.45) is 0. The molecule has 0 saturated heterocycles. The van der Waals surface area contributed by atoms with E-state index in [1.807, 2.05) is 0 Å². The maximum atomic E-state index is 13.2. The van der Waals surface area contributed by atoms with Crippen LogP contribution in [0.5, 0.6) is 11.5 Å². The maximum Gasteiger partial charge on any atom is 0.144 e. The fraction of sp³-hybridized carbons (Fsp3) is 0. The minimum Gasteiger partial charge on any atom is -0.456 e. The molecule has 0 saturated carbocycles. The molecule has 0 aliphatic heterocycles. The third kappa shape index (κ3) is 3.52. The zero-order chi connectivity index (χ0) is 14.0. The highest BCUT2D eigenvalue weighted by Gasteiger charge is 2.08. The van der Waals surface area contributed by atoms with Crippen molar-refractivity contribution >= 4 is 49.1 Å². The number of hydrogen-bond acceptors (Lipinski definition) is 2. The molecular formula is C13H8Br2FNOS. The van der Waals surface area contributed by atoms with Gasteiger partial charge in [0.2, 0.25) is 0 Å². The van der Waals surface area contributed by atoms with E-state index in [-0.39, 0.29) is 5.82 Å². The second kappa shape index (κ2) is 5.98. The molecule has 0 unspecified atom stereocenters. The van der Waals surface area contributed by atoms with Crippen LogP contribution in [0.4, 0.5) is 4.39 Å². The molecule has 0 aliphatic carbocycles. The van der Waals surface area contributed by atoms with Crippen LogP contribution < -0.4 is 10.5 Å². The lowest BCUT2D eigenvalue weighted by Crippen LogP contribution is -2.09. The molecule has 0 heterocycles. The molecule has 0 spiro atoms. The molecule has 0 aliphatic rings. The normalized spacial score (nSPS) is 10.3. The van der Waals surface area contributed by atoms with E-state index in [1.54, 1.807) is 24.3 Å². The highest BCUT2D eigenvalue weighted by molar-refractivity contribution is 9.10. The smallest absolute Gasteiger partial charge is 0.144 e. The summed E-state index contributed by atoms with van der Waals surface area (Å²) in [5.41, 5.74) is 6.29. The predicted molar refractivity (Wildman–Crippen MR) is 84.2 cm³/mol. The van der Waals surface area contributed by atoms with Crippen molar-refractivity contribution in [1.29, 1.82) is 0 Å². The summed E-state index contributed by atoms with van der Waals surface area (Å²) < 4.78 is 20.2. The summed E-state index contributed by atoms with van der Waals surface area (Å²) >= 11 is 11.6. The number of thiocarbonyl (C=S) groups is 1. The molecule has 2 rings (SSSR count). The second-order valence-corrected chi connectivity index (χ2v) is 5.83. The van der Waals surface area contributed by atoms with Gasteiger partial charge in [0.15, 0.2) is 0 Å². The summed E-state index contributed by atoms with van der Waals surface area (Å²) in [4.78, 5) is 0.297. The van der Waals surface area contributed by atoms with Gasteiger partial charge in [-0.25, -0.2) is 4.39 Å². The first-order chi connectivity index (χ1) is 8.97. The standard InChI is InChI=1S/C13H8Br2FNOS/c14-10-4-1-7(16)5-12(10)18-8-2-3-9(13(17)19)11(15)6-8/h1-6H,(H2,17,19). The van der Waals surface area contributed by atoms with Gasteiger partial charge < -0.3 is 10.5 Å². The fourth-order valence-electron chi connectivity index (χ4n) is 1.44. The van der Waals surface area contributed by atoms with Crippen molar-refractivity contribution in [1.82, 2.24) is 0 Å². The first-order valence-corrected chi connectivity index (χ1v) is 7.19. The SMILES string of the molecule is NC(=S)c1ccc(Oc2cc(F)ccc2Br)cc1Br. The number of benzene rings is 2. The van der Waals surface area contributed by atoms with Crippen molar-refractivity contribution in [3.8, 4) is 11.5 Å². The summed E-state index contributed by atoms with van der Waals surface area (Å²) in [6, 6.07) is 9.43. The minimum atomic E-state index is -0.364. The Morgan fingerprint density at radius 3 is 2.47 bits per heavy atom. The molecule has 2 nitrogen and oxygen atoms in total. The molecule has 0 fully saturated rings. The first kappa shape index (κ1) is 14.4. The Balaban J connectivity index is 2.31. The van der Waals surface area contributed by atoms with Crippen LogP contribution in [0.3, 0.4) is 0 Å². The van der Waals surface area contributed by atoms with Crippen molar-refractivity contribution in [2.75, 3.05) is 0 Å². The summed E-state index contributed by atoms with van der Waals surface area (Å²) in [6.45, 7) is 0. The van der Waals surface area contributed by atoms with Gasteiger partial charge in [0.1, 0.15) is 22.3 Å². The average molecular weight is 405 g/mol. The van der Waals surface area contributed by atoms with Crippen LogP contribution in [-0.2, 0) is 0 Å². The van der Waals surface area contributed by atoms with Crippen LogP contribution in [-0.4, -0.2) is 4.99 Å². The molecule has 0 bridgehead atoms. The van der Waals surface area contributed by atoms with Crippen molar-refractivity contribution in [3.05, 3.63) is 56.7 Å². The van der Waals surface area contributed by atoms with Gasteiger partial charge in [-0.3, -0.25) is 0 Å². The van der Waals surface area contributed by atoms with E-state index in [0.717, 1.165) is 10.0 Å². The predicted octanol–water partition coefficient (Wildman–Crippen LogP) is 4.78. The Bertz CT molecular complexity index is 649. The fourth-order valence-corrected chi connectivity index (χ4v) is 2.65. The van der Waals surface area contributed by atoms with Gasteiger partial charge in [-0.05, 0) is 62.2 Å². The van der Waals surface area contributed by atoms with Gasteiger partial charge in [0, 0.05) is 16.1 Å². The van der Waals surface area contributed by atoms with E-state index in [9.17, 15) is 4.39 Å². The van der Waals surface area contributed by atoms with Crippen LogP contribution in [0.25, 0.3) is 0 Å². The minimum absolute atomic E-state index is 0.297. The summed E-state index contributed by atoms with van der Waals surface area (Å²) in [5.74, 6) is 0.588. The van der Waals surface area contributed by atoms with Crippen LogP contribution >= 0.6 is 44.1 Å². The van der Waals surface area contributed by atoms with Crippen LogP contribution in [0.2, 0.25) is 0 Å². The molecular weight excluding hydrogens is 397 g/mol. The molecule has 0 amide bonds. The van der Waals surface area contributed by atoms with E-state index in [4.69, 9.17) is 22.7 Å². The van der Waals surface area contributed by atoms with Crippen LogP contribution in [0.1, 0.15) is 5.56 Å². The Hall–Kier alpha value is -0.980. The largest absolute Gasteiger partial charge is 0.456 e. The maximum absolute atomic E-state index is 13.2. The van der Waals surface area contributed by atoms with Crippen molar-refractivity contribution in [2.24, 2.45) is 5.73 Å². The molecule has 0 aromatic heterocycles. The van der Waals surface area contributed by atoms with Crippen molar-refractivity contribution in [2.45, 2.75) is 0 Å². The molecule has 0 radical (unpaired) electrons. The van der Waals surface area contributed by atoms with E-state index in [1.165, 1.54) is 12.1 Å². The Morgan fingerprint density at radius 2 is 1.84 bits per heavy atom. The number of ether oxygens (including phenoxy) is 1. The Labute approximate surface area is 132 Å². The summed E-state index contributed by atoms with van der Waals surface area (Å²) in [5, 5.41) is 0. The van der Waals surface area contributed by atoms with Crippen molar-refractivity contribution < 1.29 is 9.13 Å². The van der Waals surface area contributed by atoms with Crippen LogP contribution in [0, 0.1) is 5.82 Å². The van der Waals surface area contributed by atoms with E-state index < -0.39 is 0 Å².